The van der Waals surface area contributed by atoms with Gasteiger partial charge >= 0.3 is 7.12 Å². The Morgan fingerprint density at radius 3 is 2.52 bits per heavy atom. The molecule has 2 rings (SSSR count). The van der Waals surface area contributed by atoms with Crippen molar-refractivity contribution in [1.29, 1.82) is 0 Å². The van der Waals surface area contributed by atoms with Crippen LogP contribution in [0.2, 0.25) is 0 Å². The monoisotopic (exact) mass is 302 g/mol. The third kappa shape index (κ3) is 5.46. The van der Waals surface area contributed by atoms with E-state index in [0.29, 0.717) is 12.1 Å². The van der Waals surface area contributed by atoms with Crippen molar-refractivity contribution in [2.24, 2.45) is 0 Å². The van der Waals surface area contributed by atoms with E-state index in [2.05, 4.69) is 31.2 Å². The molecule has 21 heavy (non-hydrogen) atoms. The average molecular weight is 302 g/mol. The van der Waals surface area contributed by atoms with E-state index in [1.807, 2.05) is 11.8 Å². The van der Waals surface area contributed by atoms with Gasteiger partial charge in [0.05, 0.1) is 6.61 Å². The van der Waals surface area contributed by atoms with Crippen molar-refractivity contribution in [3.63, 3.8) is 0 Å². The smallest absolute Gasteiger partial charge is 0.488 e. The summed E-state index contributed by atoms with van der Waals surface area (Å²) in [5.41, 5.74) is 3.09. The molecule has 2 N–H and O–H groups in total. The summed E-state index contributed by atoms with van der Waals surface area (Å²) < 4.78 is 5.62. The molecule has 3 nitrogen and oxygen atoms in total. The number of hydrogen-bond donors (Lipinski definition) is 2. The second kappa shape index (κ2) is 8.12. The van der Waals surface area contributed by atoms with Crippen molar-refractivity contribution in [3.05, 3.63) is 59.7 Å². The number of benzene rings is 2. The van der Waals surface area contributed by atoms with Crippen molar-refractivity contribution in [2.45, 2.75) is 12.7 Å². The molecule has 0 aliphatic carbocycles. The van der Waals surface area contributed by atoms with Crippen LogP contribution in [0.4, 0.5) is 0 Å². The van der Waals surface area contributed by atoms with Gasteiger partial charge in [-0.25, -0.2) is 0 Å². The zero-order valence-corrected chi connectivity index (χ0v) is 12.8. The molecule has 110 valence electrons. The summed E-state index contributed by atoms with van der Waals surface area (Å²) in [6.45, 7) is 2.74. The molecule has 0 bridgehead atoms. The molecule has 0 aliphatic heterocycles. The van der Waals surface area contributed by atoms with Crippen molar-refractivity contribution in [1.82, 2.24) is 0 Å². The van der Waals surface area contributed by atoms with E-state index in [9.17, 15) is 0 Å². The summed E-state index contributed by atoms with van der Waals surface area (Å²) in [5.74, 6) is 2.65. The van der Waals surface area contributed by atoms with Crippen molar-refractivity contribution in [3.8, 4) is 5.75 Å². The lowest BCUT2D eigenvalue weighted by Gasteiger charge is -2.07. The van der Waals surface area contributed by atoms with E-state index in [1.54, 1.807) is 24.3 Å². The number of hydrogen-bond acceptors (Lipinski definition) is 4. The Morgan fingerprint density at radius 1 is 1.10 bits per heavy atom. The minimum absolute atomic E-state index is 0.469. The third-order valence-electron chi connectivity index (χ3n) is 3.03. The van der Waals surface area contributed by atoms with Crippen LogP contribution in [0, 0.1) is 6.92 Å². The molecule has 0 spiro atoms. The number of thioether (sulfide) groups is 1. The van der Waals surface area contributed by atoms with Crippen molar-refractivity contribution >= 4 is 24.3 Å². The fourth-order valence-electron chi connectivity index (χ4n) is 1.95. The van der Waals surface area contributed by atoms with Gasteiger partial charge in [-0.3, -0.25) is 0 Å². The molecule has 0 aliphatic rings. The molecular weight excluding hydrogens is 283 g/mol. The van der Waals surface area contributed by atoms with Crippen LogP contribution >= 0.6 is 11.8 Å². The average Bonchev–Trinajstić information content (AvgIpc) is 2.47. The molecule has 0 radical (unpaired) electrons. The van der Waals surface area contributed by atoms with E-state index in [4.69, 9.17) is 14.8 Å². The molecular formula is C16H19BO3S. The van der Waals surface area contributed by atoms with Gasteiger partial charge in [-0.15, -0.1) is 0 Å². The highest BCUT2D eigenvalue weighted by atomic mass is 32.2. The molecule has 0 atom stereocenters. The standard InChI is InChI=1S/C16H19BO3S/c1-13-3-2-4-14(11-13)12-21-10-9-20-16-7-5-15(6-8-16)17(18)19/h2-8,11,18-19H,9-10,12H2,1H3. The normalized spacial score (nSPS) is 10.4. The van der Waals surface area contributed by atoms with Crippen LogP contribution in [-0.4, -0.2) is 29.5 Å². The first-order valence-electron chi connectivity index (χ1n) is 6.87. The zero-order valence-electron chi connectivity index (χ0n) is 12.0. The Morgan fingerprint density at radius 2 is 1.86 bits per heavy atom. The first kappa shape index (κ1) is 16.0. The quantitative estimate of drug-likeness (QED) is 0.606. The maximum absolute atomic E-state index is 9.00. The van der Waals surface area contributed by atoms with Crippen LogP contribution in [0.25, 0.3) is 0 Å². The summed E-state index contributed by atoms with van der Waals surface area (Å²) in [6.07, 6.45) is 0. The van der Waals surface area contributed by atoms with Crippen LogP contribution in [0.3, 0.4) is 0 Å². The topological polar surface area (TPSA) is 49.7 Å². The SMILES string of the molecule is Cc1cccc(CSCCOc2ccc(B(O)O)cc2)c1. The summed E-state index contributed by atoms with van der Waals surface area (Å²) >= 11 is 1.84. The minimum Gasteiger partial charge on any atom is -0.493 e. The van der Waals surface area contributed by atoms with Crippen LogP contribution in [0.15, 0.2) is 48.5 Å². The van der Waals surface area contributed by atoms with Gasteiger partial charge in [-0.1, -0.05) is 42.0 Å². The molecule has 0 unspecified atom stereocenters. The molecule has 2 aromatic carbocycles. The Labute approximate surface area is 130 Å². The molecule has 0 fully saturated rings. The van der Waals surface area contributed by atoms with Gasteiger partial charge < -0.3 is 14.8 Å². The summed E-state index contributed by atoms with van der Waals surface area (Å²) in [4.78, 5) is 0. The second-order valence-electron chi connectivity index (χ2n) is 4.83. The van der Waals surface area contributed by atoms with E-state index < -0.39 is 7.12 Å². The molecule has 0 aromatic heterocycles. The highest BCUT2D eigenvalue weighted by Gasteiger charge is 2.09. The van der Waals surface area contributed by atoms with Crippen molar-refractivity contribution in [2.75, 3.05) is 12.4 Å². The lowest BCUT2D eigenvalue weighted by atomic mass is 9.80. The van der Waals surface area contributed by atoms with Crippen LogP contribution in [0.1, 0.15) is 11.1 Å². The van der Waals surface area contributed by atoms with Crippen LogP contribution in [0.5, 0.6) is 5.75 Å². The van der Waals surface area contributed by atoms with Gasteiger partial charge in [-0.05, 0) is 30.1 Å². The van der Waals surface area contributed by atoms with Gasteiger partial charge in [0.2, 0.25) is 0 Å². The van der Waals surface area contributed by atoms with Gasteiger partial charge in [0.1, 0.15) is 5.75 Å². The first-order valence-corrected chi connectivity index (χ1v) is 8.03. The lowest BCUT2D eigenvalue weighted by Crippen LogP contribution is -2.29. The third-order valence-corrected chi connectivity index (χ3v) is 4.02. The maximum Gasteiger partial charge on any atom is 0.488 e. The molecule has 0 heterocycles. The predicted molar refractivity (Wildman–Crippen MR) is 89.1 cm³/mol. The number of rotatable bonds is 7. The molecule has 0 amide bonds. The fourth-order valence-corrected chi connectivity index (χ4v) is 2.71. The second-order valence-corrected chi connectivity index (χ2v) is 5.94. The van der Waals surface area contributed by atoms with Crippen LogP contribution < -0.4 is 10.2 Å². The van der Waals surface area contributed by atoms with Gasteiger partial charge in [0.15, 0.2) is 0 Å². The predicted octanol–water partition coefficient (Wildman–Crippen LogP) is 1.99. The Kier molecular flexibility index (Phi) is 6.17. The first-order chi connectivity index (χ1) is 10.1. The lowest BCUT2D eigenvalue weighted by molar-refractivity contribution is 0.344. The van der Waals surface area contributed by atoms with E-state index in [0.717, 1.165) is 17.3 Å². The molecule has 0 saturated carbocycles. The summed E-state index contributed by atoms with van der Waals surface area (Å²) in [5, 5.41) is 18.0. The Bertz CT molecular complexity index is 558. The summed E-state index contributed by atoms with van der Waals surface area (Å²) in [6, 6.07) is 15.3. The maximum atomic E-state index is 9.00. The Balaban J connectivity index is 1.67. The van der Waals surface area contributed by atoms with E-state index in [-0.39, 0.29) is 0 Å². The highest BCUT2D eigenvalue weighted by molar-refractivity contribution is 7.98. The minimum atomic E-state index is -1.43. The zero-order chi connectivity index (χ0) is 15.1. The van der Waals surface area contributed by atoms with Gasteiger partial charge in [0, 0.05) is 11.5 Å². The molecule has 0 saturated heterocycles. The molecule has 2 aromatic rings. The Hall–Kier alpha value is -1.43. The fraction of sp³-hybridized carbons (Fsp3) is 0.250. The van der Waals surface area contributed by atoms with E-state index in [1.165, 1.54) is 11.1 Å². The largest absolute Gasteiger partial charge is 0.493 e. The van der Waals surface area contributed by atoms with E-state index >= 15 is 0 Å². The highest BCUT2D eigenvalue weighted by Crippen LogP contribution is 2.14. The molecule has 5 heteroatoms. The van der Waals surface area contributed by atoms with Gasteiger partial charge in [-0.2, -0.15) is 11.8 Å². The van der Waals surface area contributed by atoms with Crippen LogP contribution in [-0.2, 0) is 5.75 Å². The van der Waals surface area contributed by atoms with Gasteiger partial charge in [0.25, 0.3) is 0 Å². The number of ether oxygens (including phenoxy) is 1. The number of aryl methyl sites for hydroxylation is 1. The van der Waals surface area contributed by atoms with Crippen molar-refractivity contribution < 1.29 is 14.8 Å². The summed E-state index contributed by atoms with van der Waals surface area (Å²) in [7, 11) is -1.43.